The number of hydrogen-bond donors (Lipinski definition) is 2. The molecular weight excluding hydrogens is 274 g/mol. The van der Waals surface area contributed by atoms with E-state index in [4.69, 9.17) is 14.2 Å². The molecule has 2 N–H and O–H groups in total. The van der Waals surface area contributed by atoms with Crippen molar-refractivity contribution in [2.24, 2.45) is 0 Å². The quantitative estimate of drug-likeness (QED) is 0.862. The van der Waals surface area contributed by atoms with Crippen LogP contribution in [0.25, 0.3) is 10.9 Å². The Morgan fingerprint density at radius 3 is 2.76 bits per heavy atom. The molecule has 0 amide bonds. The molecule has 21 heavy (non-hydrogen) atoms. The molecule has 1 aromatic carbocycles. The highest BCUT2D eigenvalue weighted by atomic mass is 16.5. The Balaban J connectivity index is 2.03. The molecule has 0 saturated carbocycles. The van der Waals surface area contributed by atoms with Crippen LogP contribution in [0.1, 0.15) is 0 Å². The summed E-state index contributed by atoms with van der Waals surface area (Å²) in [6.07, 6.45) is 0.907. The molecule has 3 rings (SSSR count). The summed E-state index contributed by atoms with van der Waals surface area (Å²) >= 11 is 0. The van der Waals surface area contributed by atoms with Crippen LogP contribution in [0.5, 0.6) is 11.5 Å². The van der Waals surface area contributed by atoms with Gasteiger partial charge < -0.3 is 24.6 Å². The number of hydrogen-bond acceptors (Lipinski definition) is 7. The Hall–Kier alpha value is -2.12. The summed E-state index contributed by atoms with van der Waals surface area (Å²) in [7, 11) is 3.15. The minimum atomic E-state index is -0.546. The molecule has 112 valence electrons. The molecule has 2 heterocycles. The topological polar surface area (TPSA) is 85.7 Å². The van der Waals surface area contributed by atoms with Crippen molar-refractivity contribution < 1.29 is 19.3 Å². The van der Waals surface area contributed by atoms with Gasteiger partial charge in [0.15, 0.2) is 11.5 Å². The molecule has 1 saturated heterocycles. The van der Waals surface area contributed by atoms with Gasteiger partial charge in [-0.1, -0.05) is 0 Å². The van der Waals surface area contributed by atoms with E-state index >= 15 is 0 Å². The molecule has 1 aliphatic rings. The highest BCUT2D eigenvalue weighted by Crippen LogP contribution is 2.36. The molecule has 0 radical (unpaired) electrons. The molecule has 7 heteroatoms. The van der Waals surface area contributed by atoms with Crippen molar-refractivity contribution >= 4 is 16.7 Å². The summed E-state index contributed by atoms with van der Waals surface area (Å²) in [5.74, 6) is 1.80. The average molecular weight is 291 g/mol. The summed E-state index contributed by atoms with van der Waals surface area (Å²) in [5.41, 5.74) is 0.655. The predicted octanol–water partition coefficient (Wildman–Crippen LogP) is 0.819. The van der Waals surface area contributed by atoms with Gasteiger partial charge >= 0.3 is 0 Å². The van der Waals surface area contributed by atoms with Gasteiger partial charge in [-0.3, -0.25) is 0 Å². The zero-order chi connectivity index (χ0) is 14.8. The van der Waals surface area contributed by atoms with Crippen LogP contribution in [0.2, 0.25) is 0 Å². The molecule has 1 aromatic heterocycles. The second-order valence-electron chi connectivity index (χ2n) is 4.78. The second kappa shape index (κ2) is 5.71. The largest absolute Gasteiger partial charge is 0.493 e. The summed E-state index contributed by atoms with van der Waals surface area (Å²) in [4.78, 5) is 8.52. The maximum Gasteiger partial charge on any atom is 0.187 e. The van der Waals surface area contributed by atoms with Crippen molar-refractivity contribution in [3.8, 4) is 11.5 Å². The smallest absolute Gasteiger partial charge is 0.187 e. The summed E-state index contributed by atoms with van der Waals surface area (Å²) in [5, 5.41) is 13.8. The van der Waals surface area contributed by atoms with E-state index in [1.54, 1.807) is 20.3 Å². The van der Waals surface area contributed by atoms with Crippen LogP contribution >= 0.6 is 0 Å². The van der Waals surface area contributed by atoms with E-state index in [1.807, 2.05) is 6.07 Å². The minimum absolute atomic E-state index is 0.184. The summed E-state index contributed by atoms with van der Waals surface area (Å²) in [6, 6.07) is 3.48. The van der Waals surface area contributed by atoms with E-state index in [9.17, 15) is 5.11 Å². The van der Waals surface area contributed by atoms with E-state index in [1.165, 1.54) is 6.33 Å². The maximum absolute atomic E-state index is 9.83. The van der Waals surface area contributed by atoms with Crippen molar-refractivity contribution in [1.29, 1.82) is 0 Å². The molecule has 7 nitrogen and oxygen atoms in total. The molecule has 2 aromatic rings. The third kappa shape index (κ3) is 2.45. The van der Waals surface area contributed by atoms with Crippen LogP contribution in [0.15, 0.2) is 18.5 Å². The van der Waals surface area contributed by atoms with Crippen LogP contribution in [-0.2, 0) is 4.74 Å². The number of nitrogens with zero attached hydrogens (tertiary/aromatic N) is 2. The Kier molecular flexibility index (Phi) is 3.76. The Morgan fingerprint density at radius 2 is 2.10 bits per heavy atom. The van der Waals surface area contributed by atoms with Crippen LogP contribution < -0.4 is 14.8 Å². The van der Waals surface area contributed by atoms with Gasteiger partial charge in [-0.05, 0) is 12.1 Å². The molecule has 0 spiro atoms. The highest BCUT2D eigenvalue weighted by Gasteiger charge is 2.27. The molecular formula is C14H17N3O4. The van der Waals surface area contributed by atoms with Crippen LogP contribution in [-0.4, -0.2) is 54.7 Å². The molecule has 1 aliphatic heterocycles. The fourth-order valence-corrected chi connectivity index (χ4v) is 2.42. The fourth-order valence-electron chi connectivity index (χ4n) is 2.42. The van der Waals surface area contributed by atoms with Crippen LogP contribution in [0, 0.1) is 0 Å². The lowest BCUT2D eigenvalue weighted by atomic mass is 10.1. The Morgan fingerprint density at radius 1 is 1.24 bits per heavy atom. The summed E-state index contributed by atoms with van der Waals surface area (Å²) < 4.78 is 15.9. The standard InChI is InChI=1S/C14H17N3O4/c1-19-11-4-3-8-12(13(11)20-2)15-7-16-14(8)17-9-5-21-6-10(9)18/h3-4,7,9-10,18H,5-6H2,1-2H3,(H,15,16,17)/t9-,10+/m0/s1. The molecule has 0 unspecified atom stereocenters. The monoisotopic (exact) mass is 291 g/mol. The van der Waals surface area contributed by atoms with Gasteiger partial charge in [0.2, 0.25) is 0 Å². The van der Waals surface area contributed by atoms with E-state index in [2.05, 4.69) is 15.3 Å². The maximum atomic E-state index is 9.83. The number of nitrogens with one attached hydrogen (secondary N) is 1. The first-order valence-electron chi connectivity index (χ1n) is 6.62. The first-order chi connectivity index (χ1) is 10.2. The predicted molar refractivity (Wildman–Crippen MR) is 76.9 cm³/mol. The van der Waals surface area contributed by atoms with Crippen molar-refractivity contribution in [2.75, 3.05) is 32.8 Å². The van der Waals surface area contributed by atoms with Gasteiger partial charge in [0.25, 0.3) is 0 Å². The first kappa shape index (κ1) is 13.8. The lowest BCUT2D eigenvalue weighted by Crippen LogP contribution is -2.32. The SMILES string of the molecule is COc1ccc2c(N[C@H]3COC[C@H]3O)ncnc2c1OC. The third-order valence-electron chi connectivity index (χ3n) is 3.52. The molecule has 0 aliphatic carbocycles. The van der Waals surface area contributed by atoms with Gasteiger partial charge in [-0.2, -0.15) is 0 Å². The lowest BCUT2D eigenvalue weighted by Gasteiger charge is -2.17. The van der Waals surface area contributed by atoms with Gasteiger partial charge in [0.05, 0.1) is 39.6 Å². The number of fused-ring (bicyclic) bond motifs is 1. The van der Waals surface area contributed by atoms with E-state index < -0.39 is 6.10 Å². The number of ether oxygens (including phenoxy) is 3. The third-order valence-corrected chi connectivity index (χ3v) is 3.52. The summed E-state index contributed by atoms with van der Waals surface area (Å²) in [6.45, 7) is 0.776. The lowest BCUT2D eigenvalue weighted by molar-refractivity contribution is 0.125. The van der Waals surface area contributed by atoms with Crippen molar-refractivity contribution in [3.05, 3.63) is 18.5 Å². The van der Waals surface area contributed by atoms with E-state index in [0.717, 1.165) is 5.39 Å². The van der Waals surface area contributed by atoms with Crippen molar-refractivity contribution in [2.45, 2.75) is 12.1 Å². The van der Waals surface area contributed by atoms with E-state index in [0.29, 0.717) is 36.0 Å². The first-order valence-corrected chi connectivity index (χ1v) is 6.62. The van der Waals surface area contributed by atoms with Crippen LogP contribution in [0.3, 0.4) is 0 Å². The van der Waals surface area contributed by atoms with Gasteiger partial charge in [-0.15, -0.1) is 0 Å². The zero-order valence-electron chi connectivity index (χ0n) is 11.9. The molecule has 1 fully saturated rings. The normalized spacial score (nSPS) is 21.5. The highest BCUT2D eigenvalue weighted by molar-refractivity contribution is 5.94. The van der Waals surface area contributed by atoms with Crippen molar-refractivity contribution in [1.82, 2.24) is 9.97 Å². The Labute approximate surface area is 121 Å². The number of anilines is 1. The minimum Gasteiger partial charge on any atom is -0.493 e. The van der Waals surface area contributed by atoms with Crippen molar-refractivity contribution in [3.63, 3.8) is 0 Å². The number of aliphatic hydroxyl groups is 1. The number of aromatic nitrogens is 2. The number of benzene rings is 1. The Bertz CT molecular complexity index is 649. The average Bonchev–Trinajstić information content (AvgIpc) is 2.91. The van der Waals surface area contributed by atoms with Gasteiger partial charge in [-0.25, -0.2) is 9.97 Å². The van der Waals surface area contributed by atoms with E-state index in [-0.39, 0.29) is 6.04 Å². The van der Waals surface area contributed by atoms with Gasteiger partial charge in [0, 0.05) is 5.39 Å². The molecule has 0 bridgehead atoms. The number of methoxy groups -OCH3 is 2. The number of rotatable bonds is 4. The fraction of sp³-hybridized carbons (Fsp3) is 0.429. The second-order valence-corrected chi connectivity index (χ2v) is 4.78. The zero-order valence-corrected chi connectivity index (χ0v) is 11.9. The number of aliphatic hydroxyl groups excluding tert-OH is 1. The van der Waals surface area contributed by atoms with Gasteiger partial charge in [0.1, 0.15) is 17.7 Å². The molecule has 2 atom stereocenters. The van der Waals surface area contributed by atoms with Crippen LogP contribution in [0.4, 0.5) is 5.82 Å².